The molecule has 3 aliphatic rings. The summed E-state index contributed by atoms with van der Waals surface area (Å²) in [6.45, 7) is 8.03. The van der Waals surface area contributed by atoms with Crippen LogP contribution in [0.25, 0.3) is 10.2 Å². The highest BCUT2D eigenvalue weighted by molar-refractivity contribution is 7.19. The van der Waals surface area contributed by atoms with Crippen molar-refractivity contribution in [1.29, 1.82) is 0 Å². The maximum absolute atomic E-state index is 5.11. The monoisotopic (exact) mass is 342 g/mol. The summed E-state index contributed by atoms with van der Waals surface area (Å²) < 4.78 is 0. The Bertz CT molecular complexity index is 758. The summed E-state index contributed by atoms with van der Waals surface area (Å²) in [7, 11) is 0. The van der Waals surface area contributed by atoms with Gasteiger partial charge in [-0.25, -0.2) is 9.97 Å². The van der Waals surface area contributed by atoms with E-state index >= 15 is 0 Å². The number of aromatic nitrogens is 2. The number of piperidine rings is 1. The number of rotatable bonds is 3. The molecule has 0 radical (unpaired) electrons. The second-order valence-electron chi connectivity index (χ2n) is 7.53. The van der Waals surface area contributed by atoms with Crippen LogP contribution in [0.15, 0.2) is 0 Å². The molecule has 2 aromatic heterocycles. The molecule has 1 saturated carbocycles. The Labute approximate surface area is 147 Å². The number of nitrogens with zero attached hydrogens (tertiary/aromatic N) is 4. The minimum absolute atomic E-state index is 0.629. The van der Waals surface area contributed by atoms with E-state index < -0.39 is 0 Å². The molecule has 4 nitrogen and oxygen atoms in total. The zero-order valence-corrected chi connectivity index (χ0v) is 15.4. The van der Waals surface area contributed by atoms with Crippen LogP contribution < -0.4 is 4.90 Å². The van der Waals surface area contributed by atoms with E-state index in [1.165, 1.54) is 67.8 Å². The van der Waals surface area contributed by atoms with E-state index in [1.54, 1.807) is 10.4 Å². The minimum Gasteiger partial charge on any atom is -0.356 e. The van der Waals surface area contributed by atoms with Gasteiger partial charge in [0, 0.05) is 37.0 Å². The molecule has 5 rings (SSSR count). The quantitative estimate of drug-likeness (QED) is 0.846. The topological polar surface area (TPSA) is 32.3 Å². The van der Waals surface area contributed by atoms with E-state index in [1.807, 2.05) is 11.3 Å². The van der Waals surface area contributed by atoms with Crippen molar-refractivity contribution in [3.05, 3.63) is 16.3 Å². The molecule has 128 valence electrons. The molecule has 0 unspecified atom stereocenters. The van der Waals surface area contributed by atoms with Crippen LogP contribution in [-0.4, -0.2) is 41.0 Å². The second kappa shape index (κ2) is 5.95. The molecule has 2 fully saturated rings. The van der Waals surface area contributed by atoms with Crippen molar-refractivity contribution < 1.29 is 0 Å². The summed E-state index contributed by atoms with van der Waals surface area (Å²) in [6.07, 6.45) is 7.70. The number of likely N-dealkylation sites (N-methyl/N-ethyl adjacent to an activating group) is 1. The summed E-state index contributed by atoms with van der Waals surface area (Å²) in [5.41, 5.74) is 1.56. The Morgan fingerprint density at radius 1 is 1.08 bits per heavy atom. The van der Waals surface area contributed by atoms with Crippen molar-refractivity contribution in [3.8, 4) is 0 Å². The Morgan fingerprint density at radius 3 is 2.67 bits per heavy atom. The lowest BCUT2D eigenvalue weighted by Crippen LogP contribution is -2.31. The minimum atomic E-state index is 0.629. The largest absolute Gasteiger partial charge is 0.356 e. The summed E-state index contributed by atoms with van der Waals surface area (Å²) in [6, 6.07) is 0. The molecule has 24 heavy (non-hydrogen) atoms. The SMILES string of the molecule is CCN1CCc2c(sc3nc(C4CC4)nc(N4CCCCC4)c23)C1. The Hall–Kier alpha value is -1.20. The van der Waals surface area contributed by atoms with Crippen LogP contribution in [0.1, 0.15) is 61.2 Å². The fraction of sp³-hybridized carbons (Fsp3) is 0.684. The van der Waals surface area contributed by atoms with Crippen LogP contribution in [0, 0.1) is 0 Å². The third kappa shape index (κ3) is 2.53. The van der Waals surface area contributed by atoms with Gasteiger partial charge in [0.25, 0.3) is 0 Å². The summed E-state index contributed by atoms with van der Waals surface area (Å²) in [5, 5.41) is 1.40. The molecular weight excluding hydrogens is 316 g/mol. The molecule has 0 N–H and O–H groups in total. The van der Waals surface area contributed by atoms with Gasteiger partial charge in [0.05, 0.1) is 5.39 Å². The molecule has 2 aliphatic heterocycles. The standard InChI is InChI=1S/C19H26N4S/c1-2-22-11-8-14-15(12-22)24-19-16(14)18(23-9-4-3-5-10-23)20-17(21-19)13-6-7-13/h13H,2-12H2,1H3. The molecule has 0 bridgehead atoms. The average Bonchev–Trinajstić information content (AvgIpc) is 3.42. The average molecular weight is 343 g/mol. The first-order chi connectivity index (χ1) is 11.8. The number of hydrogen-bond acceptors (Lipinski definition) is 5. The Morgan fingerprint density at radius 2 is 1.92 bits per heavy atom. The van der Waals surface area contributed by atoms with Crippen LogP contribution in [0.3, 0.4) is 0 Å². The van der Waals surface area contributed by atoms with Crippen molar-refractivity contribution in [2.75, 3.05) is 31.1 Å². The third-order valence-corrected chi connectivity index (χ3v) is 6.93. The molecule has 0 spiro atoms. The van der Waals surface area contributed by atoms with Crippen LogP contribution in [0.2, 0.25) is 0 Å². The van der Waals surface area contributed by atoms with Crippen molar-refractivity contribution in [2.45, 2.75) is 57.9 Å². The zero-order valence-electron chi connectivity index (χ0n) is 14.6. The van der Waals surface area contributed by atoms with E-state index in [4.69, 9.17) is 9.97 Å². The molecule has 5 heteroatoms. The highest BCUT2D eigenvalue weighted by Gasteiger charge is 2.31. The molecule has 1 aliphatic carbocycles. The van der Waals surface area contributed by atoms with Crippen LogP contribution in [0.5, 0.6) is 0 Å². The number of hydrogen-bond donors (Lipinski definition) is 0. The maximum atomic E-state index is 5.11. The van der Waals surface area contributed by atoms with Crippen LogP contribution in [0.4, 0.5) is 5.82 Å². The van der Waals surface area contributed by atoms with Crippen molar-refractivity contribution in [1.82, 2.24) is 14.9 Å². The van der Waals surface area contributed by atoms with Crippen LogP contribution >= 0.6 is 11.3 Å². The fourth-order valence-corrected chi connectivity index (χ4v) is 5.44. The van der Waals surface area contributed by atoms with Gasteiger partial charge in [0.1, 0.15) is 16.5 Å². The van der Waals surface area contributed by atoms with Gasteiger partial charge in [-0.05, 0) is 50.6 Å². The molecule has 2 aromatic rings. The van der Waals surface area contributed by atoms with Gasteiger partial charge in [-0.15, -0.1) is 11.3 Å². The van der Waals surface area contributed by atoms with Gasteiger partial charge in [-0.2, -0.15) is 0 Å². The van der Waals surface area contributed by atoms with E-state index in [0.717, 1.165) is 25.3 Å². The van der Waals surface area contributed by atoms with Gasteiger partial charge in [-0.1, -0.05) is 6.92 Å². The lowest BCUT2D eigenvalue weighted by Gasteiger charge is -2.30. The molecule has 4 heterocycles. The lowest BCUT2D eigenvalue weighted by atomic mass is 10.0. The zero-order chi connectivity index (χ0) is 16.1. The van der Waals surface area contributed by atoms with Crippen molar-refractivity contribution in [2.24, 2.45) is 0 Å². The summed E-state index contributed by atoms with van der Waals surface area (Å²) in [5.74, 6) is 3.02. The molecule has 0 amide bonds. The normalized spacial score (nSPS) is 22.1. The molecule has 1 saturated heterocycles. The Balaban J connectivity index is 1.65. The summed E-state index contributed by atoms with van der Waals surface area (Å²) in [4.78, 5) is 18.0. The fourth-order valence-electron chi connectivity index (χ4n) is 4.17. The maximum Gasteiger partial charge on any atom is 0.141 e. The second-order valence-corrected chi connectivity index (χ2v) is 8.61. The van der Waals surface area contributed by atoms with Crippen molar-refractivity contribution in [3.63, 3.8) is 0 Å². The number of anilines is 1. The van der Waals surface area contributed by atoms with E-state index in [2.05, 4.69) is 16.7 Å². The van der Waals surface area contributed by atoms with Gasteiger partial charge in [0.15, 0.2) is 0 Å². The highest BCUT2D eigenvalue weighted by atomic mass is 32.1. The van der Waals surface area contributed by atoms with Gasteiger partial charge < -0.3 is 4.90 Å². The van der Waals surface area contributed by atoms with Crippen molar-refractivity contribution >= 4 is 27.4 Å². The van der Waals surface area contributed by atoms with Gasteiger partial charge in [0.2, 0.25) is 0 Å². The first-order valence-corrected chi connectivity index (χ1v) is 10.4. The number of thiophene rings is 1. The Kier molecular flexibility index (Phi) is 3.74. The lowest BCUT2D eigenvalue weighted by molar-refractivity contribution is 0.272. The predicted octanol–water partition coefficient (Wildman–Crippen LogP) is 3.94. The molecular formula is C19H26N4S. The van der Waals surface area contributed by atoms with Gasteiger partial charge >= 0.3 is 0 Å². The number of fused-ring (bicyclic) bond motifs is 3. The molecule has 0 atom stereocenters. The van der Waals surface area contributed by atoms with E-state index in [0.29, 0.717) is 5.92 Å². The molecule has 0 aromatic carbocycles. The smallest absolute Gasteiger partial charge is 0.141 e. The third-order valence-electron chi connectivity index (χ3n) is 5.82. The van der Waals surface area contributed by atoms with Crippen LogP contribution in [-0.2, 0) is 13.0 Å². The predicted molar refractivity (Wildman–Crippen MR) is 100 cm³/mol. The first-order valence-electron chi connectivity index (χ1n) is 9.63. The highest BCUT2D eigenvalue weighted by Crippen LogP contribution is 2.44. The first kappa shape index (κ1) is 15.1. The van der Waals surface area contributed by atoms with Gasteiger partial charge in [-0.3, -0.25) is 4.90 Å². The summed E-state index contributed by atoms with van der Waals surface area (Å²) >= 11 is 1.94. The van der Waals surface area contributed by atoms with E-state index in [-0.39, 0.29) is 0 Å². The van der Waals surface area contributed by atoms with E-state index in [9.17, 15) is 0 Å².